The number of nitrogens with one attached hydrogen (secondary N) is 1. The highest BCUT2D eigenvalue weighted by molar-refractivity contribution is 7.10. The number of nitrogens with two attached hydrogens (primary N) is 1. The Hall–Kier alpha value is -1.31. The van der Waals surface area contributed by atoms with Crippen molar-refractivity contribution < 1.29 is 4.79 Å². The Morgan fingerprint density at radius 3 is 3.12 bits per heavy atom. The van der Waals surface area contributed by atoms with Crippen LogP contribution in [0.4, 0.5) is 0 Å². The number of carbonyl (C=O) groups excluding carboxylic acids is 1. The Bertz CT molecular complexity index is 469. The molecule has 1 aromatic rings. The molecule has 0 spiro atoms. The van der Waals surface area contributed by atoms with Crippen molar-refractivity contribution in [2.75, 3.05) is 6.54 Å². The number of carbonyl (C=O) groups is 1. The van der Waals surface area contributed by atoms with E-state index < -0.39 is 0 Å². The molecule has 2 atom stereocenters. The van der Waals surface area contributed by atoms with Crippen molar-refractivity contribution in [1.82, 2.24) is 5.32 Å². The highest BCUT2D eigenvalue weighted by Gasteiger charge is 2.38. The van der Waals surface area contributed by atoms with Gasteiger partial charge in [-0.15, -0.1) is 11.3 Å². The van der Waals surface area contributed by atoms with Crippen molar-refractivity contribution in [1.29, 1.82) is 0 Å². The van der Waals surface area contributed by atoms with Crippen LogP contribution in [0, 0.1) is 23.7 Å². The zero-order valence-corrected chi connectivity index (χ0v) is 10.6. The predicted molar refractivity (Wildman–Crippen MR) is 69.4 cm³/mol. The Kier molecular flexibility index (Phi) is 3.82. The maximum Gasteiger partial charge on any atom is 0.223 e. The first kappa shape index (κ1) is 12.2. The molecule has 1 heterocycles. The van der Waals surface area contributed by atoms with E-state index >= 15 is 0 Å². The third-order valence-electron chi connectivity index (χ3n) is 2.94. The van der Waals surface area contributed by atoms with E-state index in [1.165, 1.54) is 0 Å². The smallest absolute Gasteiger partial charge is 0.223 e. The summed E-state index contributed by atoms with van der Waals surface area (Å²) in [6, 6.07) is 1.97. The van der Waals surface area contributed by atoms with Gasteiger partial charge < -0.3 is 11.1 Å². The van der Waals surface area contributed by atoms with Crippen molar-refractivity contribution >= 4 is 17.2 Å². The third kappa shape index (κ3) is 3.09. The number of hydrogen-bond donors (Lipinski definition) is 2. The molecular weight excluding hydrogens is 232 g/mol. The van der Waals surface area contributed by atoms with Crippen LogP contribution in [0.3, 0.4) is 0 Å². The summed E-state index contributed by atoms with van der Waals surface area (Å²) in [6.07, 6.45) is 1.02. The van der Waals surface area contributed by atoms with Crippen LogP contribution < -0.4 is 11.1 Å². The van der Waals surface area contributed by atoms with Crippen molar-refractivity contribution in [3.63, 3.8) is 0 Å². The third-order valence-corrected chi connectivity index (χ3v) is 3.86. The second kappa shape index (κ2) is 5.35. The monoisotopic (exact) mass is 248 g/mol. The van der Waals surface area contributed by atoms with Crippen molar-refractivity contribution in [3.8, 4) is 11.8 Å². The highest BCUT2D eigenvalue weighted by atomic mass is 32.1. The second-order valence-corrected chi connectivity index (χ2v) is 5.30. The quantitative estimate of drug-likeness (QED) is 0.793. The molecule has 1 amide bonds. The molecule has 0 saturated heterocycles. The lowest BCUT2D eigenvalue weighted by Crippen LogP contribution is -2.24. The lowest BCUT2D eigenvalue weighted by atomic mass is 10.2. The zero-order chi connectivity index (χ0) is 12.3. The minimum Gasteiger partial charge on any atom is -0.351 e. The van der Waals surface area contributed by atoms with Crippen molar-refractivity contribution in [2.45, 2.75) is 19.9 Å². The van der Waals surface area contributed by atoms with Gasteiger partial charge >= 0.3 is 0 Å². The van der Waals surface area contributed by atoms with E-state index in [1.807, 2.05) is 11.4 Å². The van der Waals surface area contributed by atoms with E-state index in [0.29, 0.717) is 19.0 Å². The fraction of sp³-hybridized carbons (Fsp3) is 0.462. The van der Waals surface area contributed by atoms with Gasteiger partial charge in [-0.3, -0.25) is 4.79 Å². The molecule has 1 saturated carbocycles. The molecular formula is C13H16N2OS. The standard InChI is InChI=1S/C13H16N2OS/c1-9-7-11(9)13(16)15-8-12-10(3-2-5-14)4-6-17-12/h4,6,9,11H,5,7-8,14H2,1H3,(H,15,16). The van der Waals surface area contributed by atoms with Gasteiger partial charge in [-0.25, -0.2) is 0 Å². The highest BCUT2D eigenvalue weighted by Crippen LogP contribution is 2.37. The number of amides is 1. The van der Waals surface area contributed by atoms with Crippen LogP contribution in [0.1, 0.15) is 23.8 Å². The van der Waals surface area contributed by atoms with Gasteiger partial charge in [0.15, 0.2) is 0 Å². The topological polar surface area (TPSA) is 55.1 Å². The van der Waals surface area contributed by atoms with Crippen molar-refractivity contribution in [3.05, 3.63) is 21.9 Å². The fourth-order valence-electron chi connectivity index (χ4n) is 1.72. The molecule has 1 aromatic heterocycles. The maximum absolute atomic E-state index is 11.7. The van der Waals surface area contributed by atoms with Gasteiger partial charge in [0.2, 0.25) is 5.91 Å². The summed E-state index contributed by atoms with van der Waals surface area (Å²) in [5.41, 5.74) is 6.32. The van der Waals surface area contributed by atoms with E-state index in [2.05, 4.69) is 24.1 Å². The Morgan fingerprint density at radius 2 is 2.47 bits per heavy atom. The van der Waals surface area contributed by atoms with Crippen molar-refractivity contribution in [2.24, 2.45) is 17.6 Å². The lowest BCUT2D eigenvalue weighted by molar-refractivity contribution is -0.122. The Labute approximate surface area is 105 Å². The first-order chi connectivity index (χ1) is 8.22. The van der Waals surface area contributed by atoms with E-state index in [1.54, 1.807) is 11.3 Å². The Morgan fingerprint density at radius 1 is 1.71 bits per heavy atom. The zero-order valence-electron chi connectivity index (χ0n) is 9.82. The number of hydrogen-bond acceptors (Lipinski definition) is 3. The molecule has 1 aliphatic carbocycles. The molecule has 1 aliphatic rings. The molecule has 3 N–H and O–H groups in total. The van der Waals surface area contributed by atoms with E-state index in [0.717, 1.165) is 16.9 Å². The molecule has 1 fully saturated rings. The molecule has 0 aliphatic heterocycles. The van der Waals surface area contributed by atoms with Gasteiger partial charge in [-0.05, 0) is 23.8 Å². The van der Waals surface area contributed by atoms with Gasteiger partial charge in [-0.2, -0.15) is 0 Å². The van der Waals surface area contributed by atoms with Crippen LogP contribution in [0.15, 0.2) is 11.4 Å². The van der Waals surface area contributed by atoms with E-state index in [4.69, 9.17) is 5.73 Å². The predicted octanol–water partition coefficient (Wildman–Crippen LogP) is 1.33. The molecule has 0 radical (unpaired) electrons. The van der Waals surface area contributed by atoms with Crippen LogP contribution in [-0.2, 0) is 11.3 Å². The summed E-state index contributed by atoms with van der Waals surface area (Å²) >= 11 is 1.62. The first-order valence-electron chi connectivity index (χ1n) is 5.75. The van der Waals surface area contributed by atoms with E-state index in [-0.39, 0.29) is 11.8 Å². The molecule has 17 heavy (non-hydrogen) atoms. The SMILES string of the molecule is CC1CC1C(=O)NCc1sccc1C#CCN. The van der Waals surface area contributed by atoms with Gasteiger partial charge in [0.05, 0.1) is 13.1 Å². The van der Waals surface area contributed by atoms with Crippen LogP contribution in [-0.4, -0.2) is 12.5 Å². The van der Waals surface area contributed by atoms with Crippen LogP contribution in [0.5, 0.6) is 0 Å². The molecule has 0 aromatic carbocycles. The van der Waals surface area contributed by atoms with Crippen LogP contribution in [0.2, 0.25) is 0 Å². The number of rotatable bonds is 3. The normalized spacial score (nSPS) is 21.5. The molecule has 2 unspecified atom stereocenters. The van der Waals surface area contributed by atoms with Crippen LogP contribution >= 0.6 is 11.3 Å². The summed E-state index contributed by atoms with van der Waals surface area (Å²) in [7, 11) is 0. The largest absolute Gasteiger partial charge is 0.351 e. The molecule has 3 nitrogen and oxygen atoms in total. The van der Waals surface area contributed by atoms with Gasteiger partial charge in [0.25, 0.3) is 0 Å². The van der Waals surface area contributed by atoms with Gasteiger partial charge in [0.1, 0.15) is 0 Å². The molecule has 90 valence electrons. The van der Waals surface area contributed by atoms with Gasteiger partial charge in [-0.1, -0.05) is 18.8 Å². The minimum atomic E-state index is 0.170. The fourth-order valence-corrected chi connectivity index (χ4v) is 2.49. The summed E-state index contributed by atoms with van der Waals surface area (Å²) in [5, 5.41) is 4.95. The van der Waals surface area contributed by atoms with Crippen LogP contribution in [0.25, 0.3) is 0 Å². The summed E-state index contributed by atoms with van der Waals surface area (Å²) in [6.45, 7) is 3.04. The minimum absolute atomic E-state index is 0.170. The lowest BCUT2D eigenvalue weighted by Gasteiger charge is -2.03. The summed E-state index contributed by atoms with van der Waals surface area (Å²) in [5.74, 6) is 6.80. The average Bonchev–Trinajstić information content (AvgIpc) is 2.90. The van der Waals surface area contributed by atoms with Gasteiger partial charge in [0, 0.05) is 16.4 Å². The molecule has 2 rings (SSSR count). The Balaban J connectivity index is 1.90. The second-order valence-electron chi connectivity index (χ2n) is 4.30. The summed E-state index contributed by atoms with van der Waals surface area (Å²) < 4.78 is 0. The number of thiophene rings is 1. The maximum atomic E-state index is 11.7. The molecule has 4 heteroatoms. The average molecular weight is 248 g/mol. The van der Waals surface area contributed by atoms with E-state index in [9.17, 15) is 4.79 Å². The first-order valence-corrected chi connectivity index (χ1v) is 6.63. The summed E-state index contributed by atoms with van der Waals surface area (Å²) in [4.78, 5) is 12.8. The molecule has 0 bridgehead atoms.